The first kappa shape index (κ1) is 12.2. The highest BCUT2D eigenvalue weighted by molar-refractivity contribution is 6.03. The zero-order valence-corrected chi connectivity index (χ0v) is 11.5. The number of hydrogen-bond donors (Lipinski definition) is 2. The highest BCUT2D eigenvalue weighted by Crippen LogP contribution is 2.45. The van der Waals surface area contributed by atoms with Crippen molar-refractivity contribution in [1.29, 1.82) is 0 Å². The van der Waals surface area contributed by atoms with Gasteiger partial charge in [0.15, 0.2) is 0 Å². The van der Waals surface area contributed by atoms with Gasteiger partial charge in [0, 0.05) is 11.3 Å². The summed E-state index contributed by atoms with van der Waals surface area (Å²) in [7, 11) is 0. The molecular weight excluding hydrogens is 232 g/mol. The fourth-order valence-corrected chi connectivity index (χ4v) is 3.38. The van der Waals surface area contributed by atoms with E-state index < -0.39 is 0 Å². The maximum absolute atomic E-state index is 6.48. The minimum Gasteiger partial charge on any atom is -0.398 e. The smallest absolute Gasteiger partial charge is 0.0523 e. The molecule has 0 aliphatic heterocycles. The van der Waals surface area contributed by atoms with Gasteiger partial charge in [0.05, 0.1) is 6.04 Å². The van der Waals surface area contributed by atoms with Gasteiger partial charge >= 0.3 is 0 Å². The molecule has 2 aromatic rings. The Hall–Kier alpha value is -1.80. The number of allylic oxidation sites excluding steroid dienone is 1. The zero-order chi connectivity index (χ0) is 13.6. The first-order chi connectivity index (χ1) is 9.19. The first-order valence-corrected chi connectivity index (χ1v) is 6.98. The third-order valence-electron chi connectivity index (χ3n) is 4.24. The van der Waals surface area contributed by atoms with E-state index >= 15 is 0 Å². The van der Waals surface area contributed by atoms with Crippen molar-refractivity contribution >= 4 is 22.0 Å². The molecule has 0 bridgehead atoms. The SMILES string of the molecule is CCC1=C(CC)C(N)c2cccc3ccc(N)c1c23. The van der Waals surface area contributed by atoms with Crippen LogP contribution in [0.15, 0.2) is 35.9 Å². The Morgan fingerprint density at radius 3 is 2.53 bits per heavy atom. The third-order valence-corrected chi connectivity index (χ3v) is 4.24. The number of hydrogen-bond acceptors (Lipinski definition) is 2. The van der Waals surface area contributed by atoms with Crippen LogP contribution in [0.2, 0.25) is 0 Å². The van der Waals surface area contributed by atoms with E-state index in [0.717, 1.165) is 18.5 Å². The van der Waals surface area contributed by atoms with E-state index in [4.69, 9.17) is 11.5 Å². The molecule has 2 aromatic carbocycles. The molecule has 1 aliphatic rings. The zero-order valence-electron chi connectivity index (χ0n) is 11.5. The average molecular weight is 252 g/mol. The summed E-state index contributed by atoms with van der Waals surface area (Å²) in [6.45, 7) is 4.36. The molecule has 0 aromatic heterocycles. The molecule has 98 valence electrons. The summed E-state index contributed by atoms with van der Waals surface area (Å²) in [6, 6.07) is 10.5. The Bertz CT molecular complexity index is 683. The maximum atomic E-state index is 6.48. The van der Waals surface area contributed by atoms with Gasteiger partial charge in [0.25, 0.3) is 0 Å². The standard InChI is InChI=1S/C17H20N2/c1-3-11-12(4-2)17(19)13-7-5-6-10-8-9-14(18)16(11)15(10)13/h5-9,17H,3-4,18-19H2,1-2H3. The van der Waals surface area contributed by atoms with Crippen LogP contribution in [0.4, 0.5) is 5.69 Å². The van der Waals surface area contributed by atoms with Crippen LogP contribution < -0.4 is 11.5 Å². The van der Waals surface area contributed by atoms with Crippen LogP contribution in [0.25, 0.3) is 16.3 Å². The summed E-state index contributed by atoms with van der Waals surface area (Å²) in [6.07, 6.45) is 1.96. The lowest BCUT2D eigenvalue weighted by atomic mass is 9.78. The van der Waals surface area contributed by atoms with Crippen molar-refractivity contribution in [3.05, 3.63) is 47.0 Å². The van der Waals surface area contributed by atoms with E-state index in [-0.39, 0.29) is 6.04 Å². The highest BCUT2D eigenvalue weighted by atomic mass is 14.7. The summed E-state index contributed by atoms with van der Waals surface area (Å²) in [5.74, 6) is 0. The Morgan fingerprint density at radius 1 is 1.05 bits per heavy atom. The van der Waals surface area contributed by atoms with Crippen molar-refractivity contribution in [3.8, 4) is 0 Å². The van der Waals surface area contributed by atoms with Crippen molar-refractivity contribution < 1.29 is 0 Å². The Kier molecular flexibility index (Phi) is 2.83. The molecule has 1 unspecified atom stereocenters. The molecule has 0 amide bonds. The third kappa shape index (κ3) is 1.60. The van der Waals surface area contributed by atoms with Crippen molar-refractivity contribution in [3.63, 3.8) is 0 Å². The lowest BCUT2D eigenvalue weighted by Gasteiger charge is -2.29. The Morgan fingerprint density at radius 2 is 1.84 bits per heavy atom. The summed E-state index contributed by atoms with van der Waals surface area (Å²) < 4.78 is 0. The molecule has 0 saturated heterocycles. The predicted molar refractivity (Wildman–Crippen MR) is 82.8 cm³/mol. The molecule has 2 nitrogen and oxygen atoms in total. The molecule has 4 N–H and O–H groups in total. The van der Waals surface area contributed by atoms with Crippen molar-refractivity contribution in [2.75, 3.05) is 5.73 Å². The van der Waals surface area contributed by atoms with Crippen LogP contribution in [0, 0.1) is 0 Å². The molecule has 3 rings (SSSR count). The summed E-state index contributed by atoms with van der Waals surface area (Å²) in [5, 5.41) is 2.49. The minimum atomic E-state index is 0.0120. The predicted octanol–water partition coefficient (Wildman–Crippen LogP) is 4.01. The molecule has 0 spiro atoms. The summed E-state index contributed by atoms with van der Waals surface area (Å²) in [5.41, 5.74) is 18.7. The second-order valence-corrected chi connectivity index (χ2v) is 5.16. The number of nitrogens with two attached hydrogens (primary N) is 2. The van der Waals surface area contributed by atoms with E-state index in [1.807, 2.05) is 6.07 Å². The monoisotopic (exact) mass is 252 g/mol. The van der Waals surface area contributed by atoms with Crippen LogP contribution >= 0.6 is 0 Å². The topological polar surface area (TPSA) is 52.0 Å². The van der Waals surface area contributed by atoms with Gasteiger partial charge < -0.3 is 11.5 Å². The number of nitrogen functional groups attached to an aromatic ring is 1. The second-order valence-electron chi connectivity index (χ2n) is 5.16. The van der Waals surface area contributed by atoms with Gasteiger partial charge in [0.2, 0.25) is 0 Å². The quantitative estimate of drug-likeness (QED) is 0.793. The van der Waals surface area contributed by atoms with Crippen molar-refractivity contribution in [2.45, 2.75) is 32.7 Å². The molecule has 0 radical (unpaired) electrons. The van der Waals surface area contributed by atoms with Gasteiger partial charge in [-0.1, -0.05) is 38.1 Å². The van der Waals surface area contributed by atoms with Gasteiger partial charge in [-0.3, -0.25) is 0 Å². The lowest BCUT2D eigenvalue weighted by Crippen LogP contribution is -2.19. The highest BCUT2D eigenvalue weighted by Gasteiger charge is 2.26. The van der Waals surface area contributed by atoms with E-state index in [1.165, 1.54) is 33.0 Å². The fourth-order valence-electron chi connectivity index (χ4n) is 3.38. The normalized spacial score (nSPS) is 18.2. The molecule has 1 atom stereocenters. The Labute approximate surface area is 114 Å². The Balaban J connectivity index is 2.49. The fraction of sp³-hybridized carbons (Fsp3) is 0.294. The molecule has 2 heteroatoms. The van der Waals surface area contributed by atoms with Crippen LogP contribution in [0.5, 0.6) is 0 Å². The lowest BCUT2D eigenvalue weighted by molar-refractivity contribution is 0.798. The van der Waals surface area contributed by atoms with Gasteiger partial charge in [-0.25, -0.2) is 0 Å². The molecule has 0 heterocycles. The molecule has 1 aliphatic carbocycles. The largest absolute Gasteiger partial charge is 0.398 e. The molecule has 19 heavy (non-hydrogen) atoms. The van der Waals surface area contributed by atoms with Crippen LogP contribution in [-0.4, -0.2) is 0 Å². The molecule has 0 saturated carbocycles. The van der Waals surface area contributed by atoms with Gasteiger partial charge in [-0.2, -0.15) is 0 Å². The van der Waals surface area contributed by atoms with Crippen LogP contribution in [0.1, 0.15) is 43.9 Å². The molecular formula is C17H20N2. The van der Waals surface area contributed by atoms with E-state index in [9.17, 15) is 0 Å². The van der Waals surface area contributed by atoms with E-state index in [1.54, 1.807) is 0 Å². The van der Waals surface area contributed by atoms with Gasteiger partial charge in [-0.15, -0.1) is 0 Å². The van der Waals surface area contributed by atoms with Gasteiger partial charge in [0.1, 0.15) is 0 Å². The van der Waals surface area contributed by atoms with Crippen LogP contribution in [0.3, 0.4) is 0 Å². The van der Waals surface area contributed by atoms with Crippen LogP contribution in [-0.2, 0) is 0 Å². The van der Waals surface area contributed by atoms with E-state index in [2.05, 4.69) is 38.1 Å². The summed E-state index contributed by atoms with van der Waals surface area (Å²) >= 11 is 0. The number of anilines is 1. The van der Waals surface area contributed by atoms with Crippen molar-refractivity contribution in [2.24, 2.45) is 5.73 Å². The minimum absolute atomic E-state index is 0.0120. The summed E-state index contributed by atoms with van der Waals surface area (Å²) in [4.78, 5) is 0. The van der Waals surface area contributed by atoms with Gasteiger partial charge in [-0.05, 0) is 46.4 Å². The van der Waals surface area contributed by atoms with E-state index in [0.29, 0.717) is 0 Å². The first-order valence-electron chi connectivity index (χ1n) is 6.98. The number of benzene rings is 2. The number of rotatable bonds is 2. The maximum Gasteiger partial charge on any atom is 0.0523 e. The van der Waals surface area contributed by atoms with Crippen molar-refractivity contribution in [1.82, 2.24) is 0 Å². The second kappa shape index (κ2) is 4.39. The molecule has 0 fully saturated rings. The average Bonchev–Trinajstić information content (AvgIpc) is 2.44.